The number of allylic oxidation sites excluding steroid dienone is 1. The maximum absolute atomic E-state index is 12.0. The van der Waals surface area contributed by atoms with E-state index in [0.29, 0.717) is 5.56 Å². The van der Waals surface area contributed by atoms with Crippen LogP contribution in [0.3, 0.4) is 0 Å². The van der Waals surface area contributed by atoms with Crippen molar-refractivity contribution in [3.8, 4) is 5.75 Å². The number of ether oxygens (including phenoxy) is 1. The fraction of sp³-hybridized carbons (Fsp3) is 0.400. The molecule has 3 nitrogen and oxygen atoms in total. The zero-order valence-electron chi connectivity index (χ0n) is 11.2. The van der Waals surface area contributed by atoms with Gasteiger partial charge in [-0.05, 0) is 47.8 Å². The highest BCUT2D eigenvalue weighted by Crippen LogP contribution is 2.39. The quantitative estimate of drug-likeness (QED) is 0.872. The van der Waals surface area contributed by atoms with Crippen molar-refractivity contribution in [1.29, 1.82) is 0 Å². The van der Waals surface area contributed by atoms with Gasteiger partial charge in [0, 0.05) is 0 Å². The summed E-state index contributed by atoms with van der Waals surface area (Å²) in [5.41, 5.74) is 1.05. The second-order valence-electron chi connectivity index (χ2n) is 5.10. The zero-order chi connectivity index (χ0) is 13.5. The first-order valence-electron chi connectivity index (χ1n) is 6.05. The molecule has 1 aliphatic carbocycles. The second kappa shape index (κ2) is 4.25. The molecular formula is C15H18O3. The monoisotopic (exact) mass is 246 g/mol. The number of rotatable bonds is 2. The van der Waals surface area contributed by atoms with Gasteiger partial charge in [0.05, 0.1) is 7.11 Å². The van der Waals surface area contributed by atoms with Gasteiger partial charge in [0.25, 0.3) is 0 Å². The van der Waals surface area contributed by atoms with Crippen LogP contribution in [-0.4, -0.2) is 18.0 Å². The van der Waals surface area contributed by atoms with Crippen molar-refractivity contribution in [3.63, 3.8) is 0 Å². The fourth-order valence-corrected chi connectivity index (χ4v) is 2.28. The maximum Gasteiger partial charge on any atom is 0.191 e. The number of methoxy groups -OCH3 is 1. The largest absolute Gasteiger partial charge is 0.497 e. The number of hydrogen-bond acceptors (Lipinski definition) is 3. The first-order chi connectivity index (χ1) is 8.37. The Morgan fingerprint density at radius 3 is 2.56 bits per heavy atom. The minimum Gasteiger partial charge on any atom is -0.497 e. The summed E-state index contributed by atoms with van der Waals surface area (Å²) >= 11 is 0. The first kappa shape index (κ1) is 12.8. The summed E-state index contributed by atoms with van der Waals surface area (Å²) in [4.78, 5) is 12.0. The zero-order valence-corrected chi connectivity index (χ0v) is 11.2. The van der Waals surface area contributed by atoms with E-state index in [-0.39, 0.29) is 11.7 Å². The molecule has 1 aromatic carbocycles. The summed E-state index contributed by atoms with van der Waals surface area (Å²) in [5, 5.41) is 10.3. The SMILES string of the molecule is COc1ccc2c(c1)C(C(C)C)=CC(=O)C2(C)O. The molecule has 1 unspecified atom stereocenters. The van der Waals surface area contributed by atoms with Crippen molar-refractivity contribution < 1.29 is 14.6 Å². The number of fused-ring (bicyclic) bond motifs is 1. The minimum absolute atomic E-state index is 0.218. The lowest BCUT2D eigenvalue weighted by molar-refractivity contribution is -0.131. The van der Waals surface area contributed by atoms with Gasteiger partial charge in [-0.1, -0.05) is 19.9 Å². The van der Waals surface area contributed by atoms with E-state index < -0.39 is 5.60 Å². The molecule has 0 aromatic heterocycles. The topological polar surface area (TPSA) is 46.5 Å². The van der Waals surface area contributed by atoms with Crippen molar-refractivity contribution in [3.05, 3.63) is 35.4 Å². The number of ketones is 1. The number of benzene rings is 1. The summed E-state index contributed by atoms with van der Waals surface area (Å²) < 4.78 is 5.21. The summed E-state index contributed by atoms with van der Waals surface area (Å²) in [6.07, 6.45) is 1.55. The van der Waals surface area contributed by atoms with E-state index in [4.69, 9.17) is 4.74 Å². The van der Waals surface area contributed by atoms with E-state index in [1.54, 1.807) is 25.3 Å². The van der Waals surface area contributed by atoms with Crippen LogP contribution < -0.4 is 4.74 Å². The molecule has 0 heterocycles. The van der Waals surface area contributed by atoms with Crippen molar-refractivity contribution >= 4 is 11.4 Å². The lowest BCUT2D eigenvalue weighted by Crippen LogP contribution is -2.35. The molecule has 1 atom stereocenters. The smallest absolute Gasteiger partial charge is 0.191 e. The van der Waals surface area contributed by atoms with Gasteiger partial charge in [0.1, 0.15) is 11.4 Å². The van der Waals surface area contributed by atoms with Gasteiger partial charge in [0.15, 0.2) is 5.78 Å². The Labute approximate surface area is 107 Å². The average Bonchev–Trinajstić information content (AvgIpc) is 2.33. The average molecular weight is 246 g/mol. The van der Waals surface area contributed by atoms with Crippen molar-refractivity contribution in [1.82, 2.24) is 0 Å². The molecule has 0 aliphatic heterocycles. The van der Waals surface area contributed by atoms with Gasteiger partial charge in [0.2, 0.25) is 0 Å². The lowest BCUT2D eigenvalue weighted by atomic mass is 9.77. The Balaban J connectivity index is 2.69. The Morgan fingerprint density at radius 2 is 2.00 bits per heavy atom. The van der Waals surface area contributed by atoms with E-state index >= 15 is 0 Å². The van der Waals surface area contributed by atoms with E-state index in [2.05, 4.69) is 0 Å². The van der Waals surface area contributed by atoms with Crippen LogP contribution >= 0.6 is 0 Å². The molecule has 0 amide bonds. The predicted molar refractivity (Wildman–Crippen MR) is 70.4 cm³/mol. The normalized spacial score (nSPS) is 22.8. The molecule has 96 valence electrons. The van der Waals surface area contributed by atoms with Crippen LogP contribution in [0.15, 0.2) is 24.3 Å². The third kappa shape index (κ3) is 1.85. The third-order valence-corrected chi connectivity index (χ3v) is 3.45. The molecule has 1 aromatic rings. The highest BCUT2D eigenvalue weighted by Gasteiger charge is 2.38. The van der Waals surface area contributed by atoms with Crippen LogP contribution in [0, 0.1) is 5.92 Å². The second-order valence-corrected chi connectivity index (χ2v) is 5.10. The molecule has 3 heteroatoms. The molecule has 0 saturated heterocycles. The van der Waals surface area contributed by atoms with E-state index in [0.717, 1.165) is 16.9 Å². The Kier molecular flexibility index (Phi) is 3.03. The number of carbonyl (C=O) groups excluding carboxylic acids is 1. The molecule has 0 bridgehead atoms. The van der Waals surface area contributed by atoms with Crippen LogP contribution in [0.5, 0.6) is 5.75 Å². The fourth-order valence-electron chi connectivity index (χ4n) is 2.28. The van der Waals surface area contributed by atoms with Crippen LogP contribution in [-0.2, 0) is 10.4 Å². The summed E-state index contributed by atoms with van der Waals surface area (Å²) in [6.45, 7) is 5.60. The highest BCUT2D eigenvalue weighted by molar-refractivity contribution is 6.06. The molecular weight excluding hydrogens is 228 g/mol. The van der Waals surface area contributed by atoms with E-state index in [1.807, 2.05) is 19.9 Å². The predicted octanol–water partition coefficient (Wildman–Crippen LogP) is 2.52. The van der Waals surface area contributed by atoms with Gasteiger partial charge >= 0.3 is 0 Å². The molecule has 0 fully saturated rings. The van der Waals surface area contributed by atoms with Crippen LogP contribution in [0.2, 0.25) is 0 Å². The molecule has 2 rings (SSSR count). The van der Waals surface area contributed by atoms with E-state index in [1.165, 1.54) is 6.92 Å². The van der Waals surface area contributed by atoms with Gasteiger partial charge in [-0.25, -0.2) is 0 Å². The van der Waals surface area contributed by atoms with Crippen molar-refractivity contribution in [2.24, 2.45) is 5.92 Å². The third-order valence-electron chi connectivity index (χ3n) is 3.45. The van der Waals surface area contributed by atoms with E-state index in [9.17, 15) is 9.90 Å². The van der Waals surface area contributed by atoms with Crippen LogP contribution in [0.4, 0.5) is 0 Å². The Bertz CT molecular complexity index is 525. The summed E-state index contributed by atoms with van der Waals surface area (Å²) in [7, 11) is 1.60. The molecule has 0 radical (unpaired) electrons. The van der Waals surface area contributed by atoms with Gasteiger partial charge in [-0.2, -0.15) is 0 Å². The van der Waals surface area contributed by atoms with Crippen molar-refractivity contribution in [2.75, 3.05) is 7.11 Å². The lowest BCUT2D eigenvalue weighted by Gasteiger charge is -2.30. The van der Waals surface area contributed by atoms with Gasteiger partial charge in [-0.3, -0.25) is 4.79 Å². The summed E-state index contributed by atoms with van der Waals surface area (Å²) in [5.74, 6) is 0.685. The van der Waals surface area contributed by atoms with Crippen molar-refractivity contribution in [2.45, 2.75) is 26.4 Å². The summed E-state index contributed by atoms with van der Waals surface area (Å²) in [6, 6.07) is 5.41. The molecule has 1 aliphatic rings. The molecule has 18 heavy (non-hydrogen) atoms. The molecule has 0 spiro atoms. The standard InChI is InChI=1S/C15H18O3/c1-9(2)11-8-14(16)15(3,17)13-6-5-10(18-4)7-12(11)13/h5-9,17H,1-4H3. The van der Waals surface area contributed by atoms with Gasteiger partial charge < -0.3 is 9.84 Å². The number of carbonyl (C=O) groups is 1. The Hall–Kier alpha value is -1.61. The molecule has 0 saturated carbocycles. The maximum atomic E-state index is 12.0. The number of hydrogen-bond donors (Lipinski definition) is 1. The Morgan fingerprint density at radius 1 is 1.33 bits per heavy atom. The first-order valence-corrected chi connectivity index (χ1v) is 6.05. The van der Waals surface area contributed by atoms with Crippen LogP contribution in [0.25, 0.3) is 5.57 Å². The van der Waals surface area contributed by atoms with Gasteiger partial charge in [-0.15, -0.1) is 0 Å². The highest BCUT2D eigenvalue weighted by atomic mass is 16.5. The number of aliphatic hydroxyl groups is 1. The minimum atomic E-state index is -1.44. The van der Waals surface area contributed by atoms with Crippen LogP contribution in [0.1, 0.15) is 31.9 Å². The molecule has 1 N–H and O–H groups in total.